The van der Waals surface area contributed by atoms with Crippen LogP contribution in [0.2, 0.25) is 0 Å². The van der Waals surface area contributed by atoms with Crippen molar-refractivity contribution in [3.63, 3.8) is 0 Å². The standard InChI is InChI=1S/C55H104O14/c1-3-5-7-9-11-13-15-17-19-20-21-22-23-24-25-27-29-31-33-35-37-39-64-41-44(67-47(57)38-36-34-32-30-28-26-18-16-14-12-10-8-6-4-2)42-65-54-53(63)51(61)49(59)46(69-54)43-66-55-52(62)50(60)48(58)45(40-56)68-55/h16,18,44-46,48-56,58-63H,3-15,17,19-43H2,1-2H3/b18-16-. The molecule has 2 aliphatic rings. The Bertz CT molecular complexity index is 1190. The number of ether oxygens (including phenoxy) is 6. The summed E-state index contributed by atoms with van der Waals surface area (Å²) in [5.74, 6) is -0.380. The predicted molar refractivity (Wildman–Crippen MR) is 271 cm³/mol. The molecular weight excluding hydrogens is 885 g/mol. The van der Waals surface area contributed by atoms with E-state index in [-0.39, 0.29) is 25.6 Å². The van der Waals surface area contributed by atoms with Crippen LogP contribution < -0.4 is 0 Å². The molecule has 408 valence electrons. The molecule has 0 aliphatic carbocycles. The Labute approximate surface area is 418 Å². The van der Waals surface area contributed by atoms with Crippen molar-refractivity contribution in [3.05, 3.63) is 12.2 Å². The molecule has 0 spiro atoms. The van der Waals surface area contributed by atoms with Gasteiger partial charge in [0, 0.05) is 13.0 Å². The van der Waals surface area contributed by atoms with Gasteiger partial charge >= 0.3 is 5.97 Å². The van der Waals surface area contributed by atoms with Gasteiger partial charge in [0.2, 0.25) is 0 Å². The molecule has 69 heavy (non-hydrogen) atoms. The van der Waals surface area contributed by atoms with E-state index in [9.17, 15) is 40.5 Å². The molecule has 2 heterocycles. The van der Waals surface area contributed by atoms with E-state index in [1.807, 2.05) is 0 Å². The van der Waals surface area contributed by atoms with Crippen molar-refractivity contribution in [2.75, 3.05) is 33.0 Å². The highest BCUT2D eigenvalue weighted by Crippen LogP contribution is 2.27. The third-order valence-corrected chi connectivity index (χ3v) is 13.8. The van der Waals surface area contributed by atoms with Crippen molar-refractivity contribution < 1.29 is 69.0 Å². The minimum Gasteiger partial charge on any atom is -0.457 e. The van der Waals surface area contributed by atoms with Crippen LogP contribution in [0.15, 0.2) is 12.2 Å². The van der Waals surface area contributed by atoms with E-state index in [0.29, 0.717) is 13.0 Å². The fourth-order valence-corrected chi connectivity index (χ4v) is 9.16. The average Bonchev–Trinajstić information content (AvgIpc) is 3.35. The lowest BCUT2D eigenvalue weighted by Crippen LogP contribution is -2.61. The van der Waals surface area contributed by atoms with Crippen LogP contribution in [-0.4, -0.2) is 142 Å². The van der Waals surface area contributed by atoms with Gasteiger partial charge in [-0.25, -0.2) is 0 Å². The van der Waals surface area contributed by atoms with E-state index in [1.165, 1.54) is 148 Å². The maximum atomic E-state index is 13.0. The molecular formula is C55H104O14. The van der Waals surface area contributed by atoms with E-state index in [2.05, 4.69) is 26.0 Å². The number of esters is 1. The average molecular weight is 989 g/mol. The summed E-state index contributed by atoms with van der Waals surface area (Å²) < 4.78 is 34.4. The number of rotatable bonds is 46. The molecule has 0 aromatic rings. The number of carbonyl (C=O) groups is 1. The zero-order valence-electron chi connectivity index (χ0n) is 43.6. The summed E-state index contributed by atoms with van der Waals surface area (Å²) in [7, 11) is 0. The van der Waals surface area contributed by atoms with Gasteiger partial charge in [-0.05, 0) is 38.5 Å². The molecule has 0 saturated carbocycles. The number of unbranched alkanes of at least 4 members (excludes halogenated alkanes) is 30. The van der Waals surface area contributed by atoms with Crippen LogP contribution in [0.3, 0.4) is 0 Å². The van der Waals surface area contributed by atoms with E-state index in [4.69, 9.17) is 28.4 Å². The van der Waals surface area contributed by atoms with Crippen LogP contribution in [0.4, 0.5) is 0 Å². The van der Waals surface area contributed by atoms with Gasteiger partial charge in [0.1, 0.15) is 54.9 Å². The zero-order chi connectivity index (χ0) is 50.2. The predicted octanol–water partition coefficient (Wildman–Crippen LogP) is 9.41. The molecule has 14 nitrogen and oxygen atoms in total. The number of hydrogen-bond acceptors (Lipinski definition) is 14. The maximum absolute atomic E-state index is 13.0. The Morgan fingerprint density at radius 1 is 0.464 bits per heavy atom. The van der Waals surface area contributed by atoms with Gasteiger partial charge in [0.05, 0.1) is 26.4 Å². The summed E-state index contributed by atoms with van der Waals surface area (Å²) in [5.41, 5.74) is 0. The Kier molecular flexibility index (Phi) is 39.9. The first-order valence-corrected chi connectivity index (χ1v) is 28.3. The van der Waals surface area contributed by atoms with Crippen molar-refractivity contribution >= 4 is 5.97 Å². The van der Waals surface area contributed by atoms with Crippen LogP contribution in [0.5, 0.6) is 0 Å². The number of aliphatic hydroxyl groups excluding tert-OH is 7. The second-order valence-electron chi connectivity index (χ2n) is 20.1. The number of allylic oxidation sites excluding steroid dienone is 2. The monoisotopic (exact) mass is 989 g/mol. The third kappa shape index (κ3) is 30.5. The molecule has 14 heteroatoms. The highest BCUT2D eigenvalue weighted by Gasteiger charge is 2.47. The first-order chi connectivity index (χ1) is 33.6. The number of carbonyl (C=O) groups excluding carboxylic acids is 1. The highest BCUT2D eigenvalue weighted by molar-refractivity contribution is 5.69. The first-order valence-electron chi connectivity index (χ1n) is 28.3. The third-order valence-electron chi connectivity index (χ3n) is 13.8. The molecule has 0 bridgehead atoms. The quantitative estimate of drug-likeness (QED) is 0.0172. The minimum atomic E-state index is -1.70. The normalized spacial score (nSPS) is 25.7. The van der Waals surface area contributed by atoms with E-state index in [0.717, 1.165) is 57.8 Å². The lowest BCUT2D eigenvalue weighted by Gasteiger charge is -2.42. The fourth-order valence-electron chi connectivity index (χ4n) is 9.16. The molecule has 11 atom stereocenters. The Hall–Kier alpha value is -1.27. The Morgan fingerprint density at radius 3 is 1.32 bits per heavy atom. The molecule has 7 N–H and O–H groups in total. The fraction of sp³-hybridized carbons (Fsp3) is 0.945. The Balaban J connectivity index is 1.71. The molecule has 2 saturated heterocycles. The van der Waals surface area contributed by atoms with Crippen LogP contribution in [0, 0.1) is 0 Å². The lowest BCUT2D eigenvalue weighted by molar-refractivity contribution is -0.332. The largest absolute Gasteiger partial charge is 0.457 e. The van der Waals surface area contributed by atoms with E-state index < -0.39 is 80.7 Å². The second-order valence-corrected chi connectivity index (χ2v) is 20.1. The van der Waals surface area contributed by atoms with Crippen molar-refractivity contribution in [3.8, 4) is 0 Å². The molecule has 2 fully saturated rings. The van der Waals surface area contributed by atoms with Crippen molar-refractivity contribution in [1.82, 2.24) is 0 Å². The van der Waals surface area contributed by atoms with Gasteiger partial charge < -0.3 is 64.2 Å². The highest BCUT2D eigenvalue weighted by atomic mass is 16.7. The minimum absolute atomic E-state index is 0.0643. The molecule has 0 radical (unpaired) electrons. The molecule has 0 aromatic heterocycles. The van der Waals surface area contributed by atoms with Gasteiger partial charge in [0.15, 0.2) is 12.6 Å². The molecule has 2 rings (SSSR count). The maximum Gasteiger partial charge on any atom is 0.306 e. The van der Waals surface area contributed by atoms with E-state index in [1.54, 1.807) is 0 Å². The Morgan fingerprint density at radius 2 is 0.855 bits per heavy atom. The smallest absolute Gasteiger partial charge is 0.306 e. The van der Waals surface area contributed by atoms with Gasteiger partial charge in [0.25, 0.3) is 0 Å². The summed E-state index contributed by atoms with van der Waals surface area (Å²) in [4.78, 5) is 13.0. The van der Waals surface area contributed by atoms with Gasteiger partial charge in [-0.15, -0.1) is 0 Å². The van der Waals surface area contributed by atoms with Crippen molar-refractivity contribution in [1.29, 1.82) is 0 Å². The molecule has 0 aromatic carbocycles. The lowest BCUT2D eigenvalue weighted by atomic mass is 9.98. The van der Waals surface area contributed by atoms with Gasteiger partial charge in [-0.1, -0.05) is 199 Å². The van der Waals surface area contributed by atoms with Crippen molar-refractivity contribution in [2.45, 2.75) is 300 Å². The number of hydrogen-bond donors (Lipinski definition) is 7. The zero-order valence-corrected chi connectivity index (χ0v) is 43.6. The number of aliphatic hydroxyl groups is 7. The van der Waals surface area contributed by atoms with Gasteiger partial charge in [-0.2, -0.15) is 0 Å². The topological polar surface area (TPSA) is 214 Å². The van der Waals surface area contributed by atoms with Crippen molar-refractivity contribution in [2.24, 2.45) is 0 Å². The molecule has 2 aliphatic heterocycles. The van der Waals surface area contributed by atoms with Crippen LogP contribution in [0.1, 0.15) is 232 Å². The SMILES string of the molecule is CCCCCCC/C=C\CCCCCCCC(=O)OC(COCCCCCCCCCCCCCCCCCCCCCCC)COC1OC(COC2OC(CO)C(O)C(O)C2O)C(O)C(O)C1O. The van der Waals surface area contributed by atoms with Crippen LogP contribution >= 0.6 is 0 Å². The first kappa shape index (κ1) is 63.8. The summed E-state index contributed by atoms with van der Waals surface area (Å²) in [6, 6.07) is 0. The summed E-state index contributed by atoms with van der Waals surface area (Å²) in [6.45, 7) is 3.72. The van der Waals surface area contributed by atoms with Crippen LogP contribution in [0.25, 0.3) is 0 Å². The summed E-state index contributed by atoms with van der Waals surface area (Å²) in [5, 5.41) is 72.2. The van der Waals surface area contributed by atoms with E-state index >= 15 is 0 Å². The molecule has 11 unspecified atom stereocenters. The molecule has 0 amide bonds. The summed E-state index contributed by atoms with van der Waals surface area (Å²) >= 11 is 0. The summed E-state index contributed by atoms with van der Waals surface area (Å²) in [6.07, 6.45) is 29.9. The second kappa shape index (κ2) is 43.2. The van der Waals surface area contributed by atoms with Gasteiger partial charge in [-0.3, -0.25) is 4.79 Å². The van der Waals surface area contributed by atoms with Crippen LogP contribution in [-0.2, 0) is 33.2 Å².